The predicted molar refractivity (Wildman–Crippen MR) is 90.4 cm³/mol. The van der Waals surface area contributed by atoms with Gasteiger partial charge in [-0.05, 0) is 31.2 Å². The summed E-state index contributed by atoms with van der Waals surface area (Å²) < 4.78 is 1.07. The number of fused-ring (bicyclic) bond motifs is 5. The highest BCUT2D eigenvalue weighted by atomic mass is 32.1. The fourth-order valence-electron chi connectivity index (χ4n) is 2.81. The predicted octanol–water partition coefficient (Wildman–Crippen LogP) is 2.28. The summed E-state index contributed by atoms with van der Waals surface area (Å²) in [5, 5.41) is 8.47. The second-order valence-corrected chi connectivity index (χ2v) is 6.46. The summed E-state index contributed by atoms with van der Waals surface area (Å²) in [5.41, 5.74) is 4.31. The van der Waals surface area contributed by atoms with E-state index in [0.29, 0.717) is 12.4 Å². The Bertz CT molecular complexity index is 904. The van der Waals surface area contributed by atoms with Gasteiger partial charge >= 0.3 is 0 Å². The van der Waals surface area contributed by atoms with Gasteiger partial charge in [0.25, 0.3) is 5.91 Å². The standard InChI is InChI=1S/C15H15N5OS/c1-7-6-17-13-12-8-2-5-11(20-16)19-9(8)3-4-10(12)22-14(13)15(21)18-7/h2-5,7,17H,6,16H2,1H3,(H,18,21)(H,19,20)/t7-/m1/s1. The van der Waals surface area contributed by atoms with Crippen LogP contribution in [0.3, 0.4) is 0 Å². The monoisotopic (exact) mass is 313 g/mol. The lowest BCUT2D eigenvalue weighted by molar-refractivity contribution is 0.0949. The maximum atomic E-state index is 12.3. The van der Waals surface area contributed by atoms with Crippen LogP contribution in [-0.4, -0.2) is 23.5 Å². The molecule has 5 N–H and O–H groups in total. The van der Waals surface area contributed by atoms with Crippen molar-refractivity contribution in [3.63, 3.8) is 0 Å². The van der Waals surface area contributed by atoms with E-state index in [1.54, 1.807) is 0 Å². The number of nitrogens with zero attached hydrogens (tertiary/aromatic N) is 1. The fourth-order valence-corrected chi connectivity index (χ4v) is 3.90. The highest BCUT2D eigenvalue weighted by Gasteiger charge is 2.24. The lowest BCUT2D eigenvalue weighted by atomic mass is 10.1. The van der Waals surface area contributed by atoms with Gasteiger partial charge in [0.1, 0.15) is 10.7 Å². The topological polar surface area (TPSA) is 92.1 Å². The van der Waals surface area contributed by atoms with Crippen LogP contribution in [0.15, 0.2) is 24.3 Å². The van der Waals surface area contributed by atoms with Crippen molar-refractivity contribution in [3.05, 3.63) is 29.1 Å². The molecule has 0 radical (unpaired) electrons. The van der Waals surface area contributed by atoms with Crippen molar-refractivity contribution in [3.8, 4) is 0 Å². The van der Waals surface area contributed by atoms with Crippen molar-refractivity contribution >= 4 is 49.7 Å². The first-order valence-corrected chi connectivity index (χ1v) is 7.86. The minimum absolute atomic E-state index is 0.0185. The van der Waals surface area contributed by atoms with Gasteiger partial charge in [0.2, 0.25) is 0 Å². The molecule has 0 unspecified atom stereocenters. The van der Waals surface area contributed by atoms with Crippen LogP contribution < -0.4 is 21.9 Å². The molecule has 3 aromatic rings. The Kier molecular flexibility index (Phi) is 2.91. The molecule has 1 aliphatic rings. The van der Waals surface area contributed by atoms with Crippen LogP contribution in [0.5, 0.6) is 0 Å². The number of amides is 1. The Morgan fingerprint density at radius 3 is 3.05 bits per heavy atom. The van der Waals surface area contributed by atoms with E-state index in [2.05, 4.69) is 21.0 Å². The van der Waals surface area contributed by atoms with Gasteiger partial charge in [-0.2, -0.15) is 0 Å². The number of hydrogen-bond acceptors (Lipinski definition) is 6. The van der Waals surface area contributed by atoms with E-state index in [1.165, 1.54) is 11.3 Å². The van der Waals surface area contributed by atoms with Crippen molar-refractivity contribution in [2.45, 2.75) is 13.0 Å². The van der Waals surface area contributed by atoms with Gasteiger partial charge in [-0.3, -0.25) is 4.79 Å². The number of carbonyl (C=O) groups is 1. The highest BCUT2D eigenvalue weighted by molar-refractivity contribution is 7.21. The second kappa shape index (κ2) is 4.82. The lowest BCUT2D eigenvalue weighted by Crippen LogP contribution is -2.34. The first-order valence-electron chi connectivity index (χ1n) is 7.05. The molecule has 1 aliphatic heterocycles. The zero-order chi connectivity index (χ0) is 15.3. The number of pyridine rings is 1. The third-order valence-corrected chi connectivity index (χ3v) is 4.99. The Balaban J connectivity index is 2.03. The minimum atomic E-state index is -0.0185. The first-order chi connectivity index (χ1) is 10.7. The van der Waals surface area contributed by atoms with Crippen molar-refractivity contribution in [1.82, 2.24) is 10.3 Å². The Morgan fingerprint density at radius 2 is 2.23 bits per heavy atom. The molecule has 0 spiro atoms. The number of nitrogens with two attached hydrogens (primary N) is 1. The summed E-state index contributed by atoms with van der Waals surface area (Å²) in [5.74, 6) is 6.02. The molecule has 4 rings (SSSR count). The zero-order valence-electron chi connectivity index (χ0n) is 11.9. The van der Waals surface area contributed by atoms with Gasteiger partial charge < -0.3 is 16.1 Å². The van der Waals surface area contributed by atoms with Gasteiger partial charge in [0.05, 0.1) is 11.2 Å². The van der Waals surface area contributed by atoms with E-state index < -0.39 is 0 Å². The van der Waals surface area contributed by atoms with Gasteiger partial charge in [-0.1, -0.05) is 0 Å². The van der Waals surface area contributed by atoms with E-state index in [1.807, 2.05) is 31.2 Å². The Labute approximate surface area is 130 Å². The first kappa shape index (κ1) is 13.3. The number of thiophene rings is 1. The molecule has 0 fully saturated rings. The van der Waals surface area contributed by atoms with Crippen LogP contribution in [0.4, 0.5) is 11.5 Å². The molecule has 1 aromatic carbocycles. The average Bonchev–Trinajstić information content (AvgIpc) is 2.85. The molecule has 3 heterocycles. The number of rotatable bonds is 1. The molecule has 112 valence electrons. The van der Waals surface area contributed by atoms with Crippen LogP contribution in [0, 0.1) is 0 Å². The molecule has 1 atom stereocenters. The number of nitrogens with one attached hydrogen (secondary N) is 3. The van der Waals surface area contributed by atoms with Crippen molar-refractivity contribution in [1.29, 1.82) is 0 Å². The van der Waals surface area contributed by atoms with Crippen LogP contribution in [-0.2, 0) is 0 Å². The summed E-state index contributed by atoms with van der Waals surface area (Å²) in [6.45, 7) is 2.69. The van der Waals surface area contributed by atoms with Gasteiger partial charge in [-0.15, -0.1) is 11.3 Å². The summed E-state index contributed by atoms with van der Waals surface area (Å²) in [6.07, 6.45) is 0. The van der Waals surface area contributed by atoms with Gasteiger partial charge in [-0.25, -0.2) is 10.8 Å². The molecular formula is C15H15N5OS. The molecule has 0 aliphatic carbocycles. The third-order valence-electron chi connectivity index (χ3n) is 3.84. The maximum absolute atomic E-state index is 12.3. The smallest absolute Gasteiger partial charge is 0.263 e. The molecule has 22 heavy (non-hydrogen) atoms. The second-order valence-electron chi connectivity index (χ2n) is 5.41. The number of nitrogen functional groups attached to an aromatic ring is 1. The normalized spacial score (nSPS) is 17.7. The SMILES string of the molecule is C[C@@H]1CNc2c(sc3ccc4nc(NN)ccc4c23)C(=O)N1. The molecule has 0 saturated carbocycles. The van der Waals surface area contributed by atoms with Crippen LogP contribution in [0.1, 0.15) is 16.6 Å². The summed E-state index contributed by atoms with van der Waals surface area (Å²) in [6, 6.07) is 7.88. The van der Waals surface area contributed by atoms with Crippen molar-refractivity contribution < 1.29 is 4.79 Å². The molecule has 7 heteroatoms. The average molecular weight is 313 g/mol. The van der Waals surface area contributed by atoms with Crippen molar-refractivity contribution in [2.75, 3.05) is 17.3 Å². The fraction of sp³-hybridized carbons (Fsp3) is 0.200. The van der Waals surface area contributed by atoms with Gasteiger partial charge in [0.15, 0.2) is 0 Å². The number of aromatic nitrogens is 1. The Morgan fingerprint density at radius 1 is 1.36 bits per heavy atom. The summed E-state index contributed by atoms with van der Waals surface area (Å²) in [4.78, 5) is 17.5. The van der Waals surface area contributed by atoms with E-state index in [4.69, 9.17) is 5.84 Å². The summed E-state index contributed by atoms with van der Waals surface area (Å²) >= 11 is 1.51. The van der Waals surface area contributed by atoms with E-state index in [0.717, 1.165) is 31.6 Å². The van der Waals surface area contributed by atoms with Crippen molar-refractivity contribution in [2.24, 2.45) is 5.84 Å². The molecule has 6 nitrogen and oxygen atoms in total. The highest BCUT2D eigenvalue weighted by Crippen LogP contribution is 2.40. The van der Waals surface area contributed by atoms with Crippen LogP contribution in [0.25, 0.3) is 21.0 Å². The number of anilines is 2. The number of benzene rings is 1. The number of hydrogen-bond donors (Lipinski definition) is 4. The molecule has 0 saturated heterocycles. The van der Waals surface area contributed by atoms with Crippen LogP contribution in [0.2, 0.25) is 0 Å². The molecular weight excluding hydrogens is 298 g/mol. The zero-order valence-corrected chi connectivity index (χ0v) is 12.8. The number of hydrazine groups is 1. The van der Waals surface area contributed by atoms with Crippen LogP contribution >= 0.6 is 11.3 Å². The number of carbonyl (C=O) groups excluding carboxylic acids is 1. The maximum Gasteiger partial charge on any atom is 0.263 e. The Hall–Kier alpha value is -2.38. The van der Waals surface area contributed by atoms with Gasteiger partial charge in [0, 0.05) is 28.1 Å². The minimum Gasteiger partial charge on any atom is -0.381 e. The largest absolute Gasteiger partial charge is 0.381 e. The quantitative estimate of drug-likeness (QED) is 0.409. The molecule has 1 amide bonds. The third kappa shape index (κ3) is 1.90. The van der Waals surface area contributed by atoms with E-state index in [-0.39, 0.29) is 11.9 Å². The van der Waals surface area contributed by atoms with E-state index in [9.17, 15) is 4.79 Å². The summed E-state index contributed by atoms with van der Waals surface area (Å²) in [7, 11) is 0. The lowest BCUT2D eigenvalue weighted by Gasteiger charge is -2.10. The molecule has 2 aromatic heterocycles. The van der Waals surface area contributed by atoms with E-state index >= 15 is 0 Å². The molecule has 0 bridgehead atoms.